The number of amides is 1. The number of aromatic nitrogens is 3. The smallest absolute Gasteiger partial charge is 0.307 e. The first-order valence-corrected chi connectivity index (χ1v) is 9.26. The van der Waals surface area contributed by atoms with Gasteiger partial charge in [-0.1, -0.05) is 29.8 Å². The fourth-order valence-electron chi connectivity index (χ4n) is 2.79. The van der Waals surface area contributed by atoms with Gasteiger partial charge in [0.1, 0.15) is 5.75 Å². The van der Waals surface area contributed by atoms with E-state index in [-0.39, 0.29) is 23.1 Å². The average Bonchev–Trinajstić information content (AvgIpc) is 3.15. The molecule has 9 heteroatoms. The maximum atomic E-state index is 12.4. The Morgan fingerprint density at radius 2 is 1.97 bits per heavy atom. The first-order chi connectivity index (χ1) is 14.5. The molecule has 0 atom stereocenters. The molecule has 3 N–H and O–H groups in total. The molecule has 0 fully saturated rings. The van der Waals surface area contributed by atoms with Crippen LogP contribution in [0, 0.1) is 0 Å². The van der Waals surface area contributed by atoms with Crippen LogP contribution in [-0.4, -0.2) is 31.9 Å². The van der Waals surface area contributed by atoms with Crippen molar-refractivity contribution in [2.45, 2.75) is 6.42 Å². The Hall–Kier alpha value is -3.91. The van der Waals surface area contributed by atoms with Crippen molar-refractivity contribution in [3.05, 3.63) is 77.2 Å². The molecule has 30 heavy (non-hydrogen) atoms. The topological polar surface area (TPSA) is 117 Å². The van der Waals surface area contributed by atoms with Crippen LogP contribution in [-0.2, 0) is 11.2 Å². The van der Waals surface area contributed by atoms with Crippen LogP contribution in [0.1, 0.15) is 16.2 Å². The summed E-state index contributed by atoms with van der Waals surface area (Å²) in [6.07, 6.45) is 1.32. The number of carbonyl (C=O) groups excluding carboxylic acids is 1. The largest absolute Gasteiger partial charge is 0.481 e. The monoisotopic (exact) mass is 422 g/mol. The molecule has 4 rings (SSSR count). The number of benzene rings is 2. The van der Waals surface area contributed by atoms with Crippen LogP contribution in [0.5, 0.6) is 11.6 Å². The van der Waals surface area contributed by atoms with E-state index in [1.807, 2.05) is 24.3 Å². The van der Waals surface area contributed by atoms with Gasteiger partial charge in [0.25, 0.3) is 5.91 Å². The van der Waals surface area contributed by atoms with E-state index in [0.717, 1.165) is 5.52 Å². The highest BCUT2D eigenvalue weighted by Gasteiger charge is 2.12. The molecule has 2 heterocycles. The second-order valence-electron chi connectivity index (χ2n) is 6.38. The lowest BCUT2D eigenvalue weighted by atomic mass is 10.1. The quantitative estimate of drug-likeness (QED) is 0.427. The Labute approximate surface area is 175 Å². The third-order valence-electron chi connectivity index (χ3n) is 4.16. The zero-order valence-corrected chi connectivity index (χ0v) is 16.2. The number of nitrogens with one attached hydrogen (secondary N) is 2. The average molecular weight is 423 g/mol. The number of H-pyrrole nitrogens is 1. The van der Waals surface area contributed by atoms with Gasteiger partial charge >= 0.3 is 5.97 Å². The summed E-state index contributed by atoms with van der Waals surface area (Å²) < 4.78 is 5.63. The fourth-order valence-corrected chi connectivity index (χ4v) is 3.03. The summed E-state index contributed by atoms with van der Waals surface area (Å²) in [6, 6.07) is 15.3. The van der Waals surface area contributed by atoms with Gasteiger partial charge in [-0.05, 0) is 35.9 Å². The number of carboxylic acid groups (broad SMARTS) is 1. The number of hydrogen-bond acceptors (Lipinski definition) is 5. The maximum Gasteiger partial charge on any atom is 0.307 e. The number of pyridine rings is 1. The number of imidazole rings is 1. The summed E-state index contributed by atoms with van der Waals surface area (Å²) in [5, 5.41) is 11.8. The van der Waals surface area contributed by atoms with Crippen LogP contribution in [0.2, 0.25) is 5.02 Å². The molecule has 2 aromatic heterocycles. The summed E-state index contributed by atoms with van der Waals surface area (Å²) in [7, 11) is 0. The summed E-state index contributed by atoms with van der Waals surface area (Å²) in [4.78, 5) is 34.5. The van der Waals surface area contributed by atoms with E-state index >= 15 is 0 Å². The van der Waals surface area contributed by atoms with Gasteiger partial charge in [0.15, 0.2) is 5.82 Å². The number of aromatic amines is 1. The lowest BCUT2D eigenvalue weighted by molar-refractivity contribution is -0.136. The van der Waals surface area contributed by atoms with Crippen molar-refractivity contribution in [2.75, 3.05) is 5.32 Å². The Morgan fingerprint density at radius 3 is 2.67 bits per heavy atom. The minimum Gasteiger partial charge on any atom is -0.481 e. The van der Waals surface area contributed by atoms with E-state index in [0.29, 0.717) is 22.5 Å². The minimum absolute atomic E-state index is 0.127. The number of carboxylic acids is 1. The Morgan fingerprint density at radius 1 is 1.13 bits per heavy atom. The highest BCUT2D eigenvalue weighted by molar-refractivity contribution is 6.32. The van der Waals surface area contributed by atoms with Crippen molar-refractivity contribution in [3.63, 3.8) is 0 Å². The molecular formula is C21H15ClN4O4. The molecule has 150 valence electrons. The van der Waals surface area contributed by atoms with Crippen molar-refractivity contribution in [2.24, 2.45) is 0 Å². The lowest BCUT2D eigenvalue weighted by Crippen LogP contribution is -2.13. The molecule has 8 nitrogen and oxygen atoms in total. The predicted molar refractivity (Wildman–Crippen MR) is 111 cm³/mol. The van der Waals surface area contributed by atoms with Crippen molar-refractivity contribution in [1.82, 2.24) is 15.0 Å². The molecule has 4 aromatic rings. The van der Waals surface area contributed by atoms with E-state index in [2.05, 4.69) is 20.3 Å². The fraction of sp³-hybridized carbons (Fsp3) is 0.0476. The molecule has 0 saturated carbocycles. The van der Waals surface area contributed by atoms with E-state index < -0.39 is 11.9 Å². The van der Waals surface area contributed by atoms with Gasteiger partial charge in [-0.25, -0.2) is 9.97 Å². The number of halogens is 1. The summed E-state index contributed by atoms with van der Waals surface area (Å²) in [5.74, 6) is -0.521. The van der Waals surface area contributed by atoms with Crippen LogP contribution < -0.4 is 10.1 Å². The number of hydrogen-bond donors (Lipinski definition) is 3. The van der Waals surface area contributed by atoms with Gasteiger partial charge in [-0.15, -0.1) is 0 Å². The van der Waals surface area contributed by atoms with Crippen molar-refractivity contribution in [3.8, 4) is 11.6 Å². The lowest BCUT2D eigenvalue weighted by Gasteiger charge is -2.09. The SMILES string of the molecule is O=C(O)Cc1ccc(Oc2ccc(NC(=O)c3nc4ccccc4[nH]3)cn2)c(Cl)c1. The number of aliphatic carboxylic acids is 1. The number of fused-ring (bicyclic) bond motifs is 1. The van der Waals surface area contributed by atoms with E-state index in [1.165, 1.54) is 12.3 Å². The zero-order chi connectivity index (χ0) is 21.1. The molecule has 0 bridgehead atoms. The van der Waals surface area contributed by atoms with Crippen molar-refractivity contribution >= 4 is 40.2 Å². The van der Waals surface area contributed by atoms with Gasteiger partial charge in [0.05, 0.1) is 34.4 Å². The minimum atomic E-state index is -0.943. The van der Waals surface area contributed by atoms with Gasteiger partial charge in [0.2, 0.25) is 5.88 Å². The Bertz CT molecular complexity index is 1200. The second kappa shape index (κ2) is 8.22. The second-order valence-corrected chi connectivity index (χ2v) is 6.79. The third-order valence-corrected chi connectivity index (χ3v) is 4.46. The number of ether oxygens (including phenoxy) is 1. The maximum absolute atomic E-state index is 12.4. The Kier molecular flexibility index (Phi) is 5.32. The highest BCUT2D eigenvalue weighted by Crippen LogP contribution is 2.29. The molecule has 0 aliphatic carbocycles. The van der Waals surface area contributed by atoms with Gasteiger partial charge < -0.3 is 20.1 Å². The number of rotatable bonds is 6. The normalized spacial score (nSPS) is 10.7. The Balaban J connectivity index is 1.42. The summed E-state index contributed by atoms with van der Waals surface area (Å²) in [5.41, 5.74) is 2.51. The van der Waals surface area contributed by atoms with Crippen LogP contribution in [0.15, 0.2) is 60.8 Å². The molecule has 0 spiro atoms. The molecule has 0 unspecified atom stereocenters. The highest BCUT2D eigenvalue weighted by atomic mass is 35.5. The molecule has 0 aliphatic rings. The third kappa shape index (κ3) is 4.39. The van der Waals surface area contributed by atoms with Gasteiger partial charge in [-0.3, -0.25) is 9.59 Å². The summed E-state index contributed by atoms with van der Waals surface area (Å²) in [6.45, 7) is 0. The van der Waals surface area contributed by atoms with Gasteiger partial charge in [-0.2, -0.15) is 0 Å². The summed E-state index contributed by atoms with van der Waals surface area (Å²) >= 11 is 6.15. The number of carbonyl (C=O) groups is 2. The predicted octanol–water partition coefficient (Wildman–Crippen LogP) is 4.28. The van der Waals surface area contributed by atoms with Crippen molar-refractivity contribution in [1.29, 1.82) is 0 Å². The molecule has 0 radical (unpaired) electrons. The van der Waals surface area contributed by atoms with E-state index in [9.17, 15) is 9.59 Å². The number of anilines is 1. The first kappa shape index (κ1) is 19.4. The van der Waals surface area contributed by atoms with Crippen LogP contribution in [0.3, 0.4) is 0 Å². The van der Waals surface area contributed by atoms with Crippen LogP contribution in [0.4, 0.5) is 5.69 Å². The van der Waals surface area contributed by atoms with Crippen molar-refractivity contribution < 1.29 is 19.4 Å². The number of nitrogens with zero attached hydrogens (tertiary/aromatic N) is 2. The van der Waals surface area contributed by atoms with Gasteiger partial charge in [0, 0.05) is 6.07 Å². The molecule has 0 saturated heterocycles. The molecule has 2 aromatic carbocycles. The van der Waals surface area contributed by atoms with E-state index in [4.69, 9.17) is 21.4 Å². The molecule has 0 aliphatic heterocycles. The zero-order valence-electron chi connectivity index (χ0n) is 15.4. The molecule has 1 amide bonds. The molecular weight excluding hydrogens is 408 g/mol. The standard InChI is InChI=1S/C21H15ClN4O4/c22-14-9-12(10-19(27)28)5-7-17(14)30-18-8-6-13(11-23-18)24-21(29)20-25-15-3-1-2-4-16(15)26-20/h1-9,11H,10H2,(H,24,29)(H,25,26)(H,27,28). The van der Waals surface area contributed by atoms with Crippen LogP contribution >= 0.6 is 11.6 Å². The first-order valence-electron chi connectivity index (χ1n) is 8.88. The van der Waals surface area contributed by atoms with E-state index in [1.54, 1.807) is 24.3 Å². The van der Waals surface area contributed by atoms with Crippen LogP contribution in [0.25, 0.3) is 11.0 Å². The number of para-hydroxylation sites is 2.